The summed E-state index contributed by atoms with van der Waals surface area (Å²) in [5, 5.41) is 0. The van der Waals surface area contributed by atoms with Crippen molar-refractivity contribution in [3.8, 4) is 0 Å². The summed E-state index contributed by atoms with van der Waals surface area (Å²) in [7, 11) is 1.84. The Morgan fingerprint density at radius 3 is 2.15 bits per heavy atom. The van der Waals surface area contributed by atoms with Crippen LogP contribution in [0, 0.1) is 0 Å². The van der Waals surface area contributed by atoms with E-state index in [0.29, 0.717) is 12.5 Å². The maximum absolute atomic E-state index is 12.4. The van der Waals surface area contributed by atoms with Crippen LogP contribution in [-0.2, 0) is 6.54 Å². The maximum atomic E-state index is 12.4. The molecule has 0 bridgehead atoms. The van der Waals surface area contributed by atoms with Crippen molar-refractivity contribution in [1.82, 2.24) is 4.90 Å². The van der Waals surface area contributed by atoms with E-state index in [1.807, 2.05) is 61.6 Å². The lowest BCUT2D eigenvalue weighted by Gasteiger charge is -2.17. The highest BCUT2D eigenvalue weighted by atomic mass is 16.2. The molecular formula is C18H21NO. The quantitative estimate of drug-likeness (QED) is 0.817. The molecule has 0 unspecified atom stereocenters. The molecule has 1 amide bonds. The first-order valence-corrected chi connectivity index (χ1v) is 6.97. The van der Waals surface area contributed by atoms with Gasteiger partial charge in [0.2, 0.25) is 0 Å². The fourth-order valence-corrected chi connectivity index (χ4v) is 2.16. The number of hydrogen-bond donors (Lipinski definition) is 0. The Labute approximate surface area is 121 Å². The Balaban J connectivity index is 2.06. The van der Waals surface area contributed by atoms with Crippen molar-refractivity contribution >= 4 is 5.91 Å². The molecule has 2 heteroatoms. The van der Waals surface area contributed by atoms with Crippen LogP contribution in [0.15, 0.2) is 54.6 Å². The lowest BCUT2D eigenvalue weighted by molar-refractivity contribution is 0.0785. The third-order valence-electron chi connectivity index (χ3n) is 3.43. The van der Waals surface area contributed by atoms with Gasteiger partial charge in [0, 0.05) is 19.2 Å². The molecule has 2 nitrogen and oxygen atoms in total. The minimum absolute atomic E-state index is 0.0594. The number of amides is 1. The summed E-state index contributed by atoms with van der Waals surface area (Å²) in [6.07, 6.45) is 0. The summed E-state index contributed by atoms with van der Waals surface area (Å²) in [5.41, 5.74) is 3.14. The fraction of sp³-hybridized carbons (Fsp3) is 0.278. The van der Waals surface area contributed by atoms with Gasteiger partial charge in [0.05, 0.1) is 0 Å². The molecule has 0 N–H and O–H groups in total. The van der Waals surface area contributed by atoms with Crippen LogP contribution in [0.4, 0.5) is 0 Å². The van der Waals surface area contributed by atoms with Gasteiger partial charge in [0.15, 0.2) is 0 Å². The van der Waals surface area contributed by atoms with Gasteiger partial charge < -0.3 is 4.90 Å². The Morgan fingerprint density at radius 2 is 1.60 bits per heavy atom. The molecule has 0 heterocycles. The van der Waals surface area contributed by atoms with E-state index >= 15 is 0 Å². The van der Waals surface area contributed by atoms with Gasteiger partial charge in [-0.15, -0.1) is 0 Å². The van der Waals surface area contributed by atoms with Crippen LogP contribution in [0.25, 0.3) is 0 Å². The summed E-state index contributed by atoms with van der Waals surface area (Å²) in [6, 6.07) is 17.9. The summed E-state index contributed by atoms with van der Waals surface area (Å²) < 4.78 is 0. The van der Waals surface area contributed by atoms with Crippen LogP contribution in [0.3, 0.4) is 0 Å². The molecule has 0 aliphatic carbocycles. The van der Waals surface area contributed by atoms with E-state index in [4.69, 9.17) is 0 Å². The molecule has 0 aromatic heterocycles. The lowest BCUT2D eigenvalue weighted by Crippen LogP contribution is -2.26. The molecule has 0 fully saturated rings. The standard InChI is InChI=1S/C18H21NO/c1-14(2)16-9-11-17(12-10-16)18(20)19(3)13-15-7-5-4-6-8-15/h4-12,14H,13H2,1-3H3. The van der Waals surface area contributed by atoms with E-state index in [9.17, 15) is 4.79 Å². The number of benzene rings is 2. The minimum atomic E-state index is 0.0594. The average Bonchev–Trinajstić information content (AvgIpc) is 2.47. The summed E-state index contributed by atoms with van der Waals surface area (Å²) in [4.78, 5) is 14.1. The monoisotopic (exact) mass is 267 g/mol. The van der Waals surface area contributed by atoms with Crippen LogP contribution in [0.2, 0.25) is 0 Å². The minimum Gasteiger partial charge on any atom is -0.337 e. The molecule has 104 valence electrons. The highest BCUT2D eigenvalue weighted by molar-refractivity contribution is 5.94. The highest BCUT2D eigenvalue weighted by Crippen LogP contribution is 2.16. The van der Waals surface area contributed by atoms with Crippen molar-refractivity contribution in [3.05, 3.63) is 71.3 Å². The SMILES string of the molecule is CC(C)c1ccc(C(=O)N(C)Cc2ccccc2)cc1. The first kappa shape index (κ1) is 14.3. The van der Waals surface area contributed by atoms with E-state index < -0.39 is 0 Å². The first-order chi connectivity index (χ1) is 9.58. The van der Waals surface area contributed by atoms with Crippen molar-refractivity contribution in [3.63, 3.8) is 0 Å². The Hall–Kier alpha value is -2.09. The molecule has 0 spiro atoms. The van der Waals surface area contributed by atoms with E-state index in [1.165, 1.54) is 5.56 Å². The van der Waals surface area contributed by atoms with E-state index in [2.05, 4.69) is 13.8 Å². The first-order valence-electron chi connectivity index (χ1n) is 6.97. The third kappa shape index (κ3) is 3.47. The smallest absolute Gasteiger partial charge is 0.253 e. The molecular weight excluding hydrogens is 246 g/mol. The van der Waals surface area contributed by atoms with Gasteiger partial charge in [-0.05, 0) is 29.2 Å². The average molecular weight is 267 g/mol. The van der Waals surface area contributed by atoms with E-state index in [1.54, 1.807) is 4.90 Å². The van der Waals surface area contributed by atoms with Crippen LogP contribution in [0.5, 0.6) is 0 Å². The van der Waals surface area contributed by atoms with Gasteiger partial charge >= 0.3 is 0 Å². The molecule has 0 saturated carbocycles. The molecule has 2 rings (SSSR count). The molecule has 0 atom stereocenters. The van der Waals surface area contributed by atoms with Crippen molar-refractivity contribution in [2.24, 2.45) is 0 Å². The zero-order chi connectivity index (χ0) is 14.5. The Kier molecular flexibility index (Phi) is 4.57. The number of hydrogen-bond acceptors (Lipinski definition) is 1. The second-order valence-electron chi connectivity index (χ2n) is 5.42. The van der Waals surface area contributed by atoms with Gasteiger partial charge in [-0.25, -0.2) is 0 Å². The summed E-state index contributed by atoms with van der Waals surface area (Å²) >= 11 is 0. The topological polar surface area (TPSA) is 20.3 Å². The number of rotatable bonds is 4. The molecule has 0 radical (unpaired) electrons. The van der Waals surface area contributed by atoms with Crippen LogP contribution < -0.4 is 0 Å². The van der Waals surface area contributed by atoms with E-state index in [-0.39, 0.29) is 5.91 Å². The maximum Gasteiger partial charge on any atom is 0.253 e. The van der Waals surface area contributed by atoms with Crippen molar-refractivity contribution in [2.75, 3.05) is 7.05 Å². The molecule has 2 aromatic rings. The fourth-order valence-electron chi connectivity index (χ4n) is 2.16. The zero-order valence-corrected chi connectivity index (χ0v) is 12.3. The normalized spacial score (nSPS) is 10.6. The van der Waals surface area contributed by atoms with Gasteiger partial charge in [-0.3, -0.25) is 4.79 Å². The van der Waals surface area contributed by atoms with Crippen molar-refractivity contribution in [1.29, 1.82) is 0 Å². The van der Waals surface area contributed by atoms with Gasteiger partial charge in [-0.2, -0.15) is 0 Å². The second-order valence-corrected chi connectivity index (χ2v) is 5.42. The Bertz CT molecular complexity index is 558. The second kappa shape index (κ2) is 6.38. The highest BCUT2D eigenvalue weighted by Gasteiger charge is 2.12. The van der Waals surface area contributed by atoms with Crippen LogP contribution >= 0.6 is 0 Å². The lowest BCUT2D eigenvalue weighted by atomic mass is 10.0. The summed E-state index contributed by atoms with van der Waals surface area (Å²) in [5.74, 6) is 0.547. The molecule has 20 heavy (non-hydrogen) atoms. The van der Waals surface area contributed by atoms with Crippen LogP contribution in [-0.4, -0.2) is 17.9 Å². The molecule has 0 aliphatic heterocycles. The largest absolute Gasteiger partial charge is 0.337 e. The number of carbonyl (C=O) groups excluding carboxylic acids is 1. The third-order valence-corrected chi connectivity index (χ3v) is 3.43. The predicted molar refractivity (Wildman–Crippen MR) is 82.8 cm³/mol. The predicted octanol–water partition coefficient (Wildman–Crippen LogP) is 4.08. The van der Waals surface area contributed by atoms with Crippen molar-refractivity contribution < 1.29 is 4.79 Å². The number of nitrogens with zero attached hydrogens (tertiary/aromatic N) is 1. The summed E-state index contributed by atoms with van der Waals surface area (Å²) in [6.45, 7) is 4.93. The molecule has 0 saturated heterocycles. The molecule has 0 aliphatic rings. The van der Waals surface area contributed by atoms with E-state index in [0.717, 1.165) is 11.1 Å². The van der Waals surface area contributed by atoms with Gasteiger partial charge in [0.25, 0.3) is 5.91 Å². The molecule has 2 aromatic carbocycles. The zero-order valence-electron chi connectivity index (χ0n) is 12.3. The Morgan fingerprint density at radius 1 is 1.00 bits per heavy atom. The number of carbonyl (C=O) groups is 1. The van der Waals surface area contributed by atoms with Gasteiger partial charge in [-0.1, -0.05) is 56.3 Å². The van der Waals surface area contributed by atoms with Crippen molar-refractivity contribution in [2.45, 2.75) is 26.3 Å². The van der Waals surface area contributed by atoms with Crippen LogP contribution in [0.1, 0.15) is 41.3 Å². The van der Waals surface area contributed by atoms with Gasteiger partial charge in [0.1, 0.15) is 0 Å².